The van der Waals surface area contributed by atoms with E-state index >= 15 is 0 Å². The highest BCUT2D eigenvalue weighted by Gasteiger charge is 2.06. The molecule has 0 fully saturated rings. The average Bonchev–Trinajstić information content (AvgIpc) is 2.46. The van der Waals surface area contributed by atoms with E-state index in [-0.39, 0.29) is 36.4 Å². The smallest absolute Gasteiger partial charge is 0.241 e. The lowest BCUT2D eigenvalue weighted by Gasteiger charge is -2.16. The number of halogens is 1. The van der Waals surface area contributed by atoms with E-state index in [9.17, 15) is 4.79 Å². The van der Waals surface area contributed by atoms with Crippen LogP contribution in [-0.2, 0) is 11.3 Å². The lowest BCUT2D eigenvalue weighted by Crippen LogP contribution is -2.44. The molecule has 1 rings (SSSR count). The van der Waals surface area contributed by atoms with Gasteiger partial charge in [-0.3, -0.25) is 4.79 Å². The number of likely N-dealkylation sites (N-methyl/N-ethyl adjacent to an activating group) is 1. The van der Waals surface area contributed by atoms with Crippen molar-refractivity contribution in [1.29, 1.82) is 0 Å². The summed E-state index contributed by atoms with van der Waals surface area (Å²) in [6, 6.07) is 10.0. The summed E-state index contributed by atoms with van der Waals surface area (Å²) >= 11 is 0. The minimum Gasteiger partial charge on any atom is -0.356 e. The van der Waals surface area contributed by atoms with E-state index in [0.29, 0.717) is 18.4 Å². The molecule has 2 N–H and O–H groups in total. The number of amides is 1. The van der Waals surface area contributed by atoms with Crippen LogP contribution in [0.25, 0.3) is 0 Å². The Bertz CT molecular complexity index is 460. The molecule has 0 radical (unpaired) electrons. The van der Waals surface area contributed by atoms with E-state index in [1.165, 1.54) is 0 Å². The molecule has 0 aromatic heterocycles. The number of hydrogen-bond donors (Lipinski definition) is 2. The van der Waals surface area contributed by atoms with E-state index in [1.807, 2.05) is 30.3 Å². The van der Waals surface area contributed by atoms with E-state index in [4.69, 9.17) is 0 Å². The van der Waals surface area contributed by atoms with E-state index in [1.54, 1.807) is 19.0 Å². The van der Waals surface area contributed by atoms with Crippen LogP contribution >= 0.6 is 24.0 Å². The number of carbonyl (C=O) groups is 1. The molecule has 0 saturated heterocycles. The zero-order valence-electron chi connectivity index (χ0n) is 13.8. The van der Waals surface area contributed by atoms with Gasteiger partial charge in [0.05, 0.1) is 13.1 Å². The second kappa shape index (κ2) is 11.3. The third kappa shape index (κ3) is 8.86. The molecule has 0 bridgehead atoms. The summed E-state index contributed by atoms with van der Waals surface area (Å²) < 4.78 is 0. The number of aliphatic imine (C=N–C) groups is 1. The van der Waals surface area contributed by atoms with Gasteiger partial charge in [-0.2, -0.15) is 0 Å². The van der Waals surface area contributed by atoms with Crippen LogP contribution in [0.1, 0.15) is 19.4 Å². The van der Waals surface area contributed by atoms with Crippen molar-refractivity contribution in [1.82, 2.24) is 15.5 Å². The van der Waals surface area contributed by atoms with Gasteiger partial charge >= 0.3 is 0 Å². The molecule has 0 aliphatic heterocycles. The van der Waals surface area contributed by atoms with Crippen molar-refractivity contribution in [2.24, 2.45) is 10.9 Å². The Hall–Kier alpha value is -1.31. The predicted molar refractivity (Wildman–Crippen MR) is 103 cm³/mol. The second-order valence-electron chi connectivity index (χ2n) is 5.57. The summed E-state index contributed by atoms with van der Waals surface area (Å²) in [7, 11) is 3.48. The van der Waals surface area contributed by atoms with Crippen molar-refractivity contribution < 1.29 is 4.79 Å². The third-order valence-electron chi connectivity index (χ3n) is 2.85. The molecule has 6 heteroatoms. The quantitative estimate of drug-likeness (QED) is 0.423. The Labute approximate surface area is 150 Å². The summed E-state index contributed by atoms with van der Waals surface area (Å²) in [6.07, 6.45) is 0. The van der Waals surface area contributed by atoms with E-state index in [0.717, 1.165) is 12.1 Å². The van der Waals surface area contributed by atoms with Crippen LogP contribution in [0.15, 0.2) is 35.3 Å². The Morgan fingerprint density at radius 1 is 1.18 bits per heavy atom. The van der Waals surface area contributed by atoms with Crippen molar-refractivity contribution in [2.75, 3.05) is 27.2 Å². The first-order chi connectivity index (χ1) is 9.99. The maximum Gasteiger partial charge on any atom is 0.241 e. The number of rotatable bonds is 6. The predicted octanol–water partition coefficient (Wildman–Crippen LogP) is 2.08. The molecule has 5 nitrogen and oxygen atoms in total. The number of carbonyl (C=O) groups excluding carboxylic acids is 1. The topological polar surface area (TPSA) is 56.7 Å². The number of hydrogen-bond acceptors (Lipinski definition) is 2. The van der Waals surface area contributed by atoms with Crippen LogP contribution in [0.2, 0.25) is 0 Å². The van der Waals surface area contributed by atoms with Gasteiger partial charge in [0.15, 0.2) is 5.96 Å². The number of benzene rings is 1. The maximum absolute atomic E-state index is 11.6. The monoisotopic (exact) mass is 418 g/mol. The first-order valence-corrected chi connectivity index (χ1v) is 7.25. The normalized spacial score (nSPS) is 10.9. The maximum atomic E-state index is 11.6. The molecule has 22 heavy (non-hydrogen) atoms. The molecular weight excluding hydrogens is 391 g/mol. The molecule has 0 heterocycles. The van der Waals surface area contributed by atoms with Gasteiger partial charge in [-0.25, -0.2) is 4.99 Å². The van der Waals surface area contributed by atoms with Crippen LogP contribution in [-0.4, -0.2) is 44.0 Å². The second-order valence-corrected chi connectivity index (χ2v) is 5.57. The molecule has 0 atom stereocenters. The van der Waals surface area contributed by atoms with Crippen LogP contribution in [0.5, 0.6) is 0 Å². The minimum atomic E-state index is 0. The van der Waals surface area contributed by atoms with E-state index < -0.39 is 0 Å². The first kappa shape index (κ1) is 20.7. The van der Waals surface area contributed by atoms with Crippen molar-refractivity contribution in [3.05, 3.63) is 35.9 Å². The summed E-state index contributed by atoms with van der Waals surface area (Å²) in [5.41, 5.74) is 1.14. The highest BCUT2D eigenvalue weighted by molar-refractivity contribution is 14.0. The summed E-state index contributed by atoms with van der Waals surface area (Å²) in [5, 5.41) is 6.33. The number of nitrogens with zero attached hydrogens (tertiary/aromatic N) is 2. The fourth-order valence-electron chi connectivity index (χ4n) is 1.55. The molecule has 0 saturated carbocycles. The Morgan fingerprint density at radius 2 is 1.82 bits per heavy atom. The van der Waals surface area contributed by atoms with Crippen molar-refractivity contribution >= 4 is 35.8 Å². The standard InChI is InChI=1S/C16H26N4O.HI/c1-13(2)10-17-16(19-12-15(21)20(3)4)18-11-14-8-6-5-7-9-14;/h5-9,13H,10-12H2,1-4H3,(H2,17,18,19);1H. The summed E-state index contributed by atoms with van der Waals surface area (Å²) in [4.78, 5) is 17.7. The average molecular weight is 418 g/mol. The van der Waals surface area contributed by atoms with Gasteiger partial charge in [0.2, 0.25) is 5.91 Å². The van der Waals surface area contributed by atoms with Gasteiger partial charge in [0.1, 0.15) is 0 Å². The van der Waals surface area contributed by atoms with E-state index in [2.05, 4.69) is 29.5 Å². The third-order valence-corrected chi connectivity index (χ3v) is 2.85. The van der Waals surface area contributed by atoms with Crippen LogP contribution in [0.3, 0.4) is 0 Å². The van der Waals surface area contributed by atoms with Gasteiger partial charge in [-0.1, -0.05) is 44.2 Å². The van der Waals surface area contributed by atoms with Gasteiger partial charge in [-0.05, 0) is 11.5 Å². The number of nitrogens with one attached hydrogen (secondary N) is 2. The fourth-order valence-corrected chi connectivity index (χ4v) is 1.55. The largest absolute Gasteiger partial charge is 0.356 e. The van der Waals surface area contributed by atoms with Crippen LogP contribution in [0.4, 0.5) is 0 Å². The molecular formula is C16H27IN4O. The minimum absolute atomic E-state index is 0. The SMILES string of the molecule is CC(C)CNC(=NCc1ccccc1)NCC(=O)N(C)C.I. The summed E-state index contributed by atoms with van der Waals surface area (Å²) in [5.74, 6) is 1.20. The van der Waals surface area contributed by atoms with Crippen molar-refractivity contribution in [3.63, 3.8) is 0 Å². The molecule has 0 spiro atoms. The Balaban J connectivity index is 0.00000441. The molecule has 0 aliphatic carbocycles. The molecule has 0 unspecified atom stereocenters. The summed E-state index contributed by atoms with van der Waals surface area (Å²) in [6.45, 7) is 5.91. The molecule has 1 aromatic rings. The zero-order chi connectivity index (χ0) is 15.7. The van der Waals surface area contributed by atoms with Crippen LogP contribution in [0, 0.1) is 5.92 Å². The van der Waals surface area contributed by atoms with Gasteiger partial charge in [0, 0.05) is 20.6 Å². The molecule has 1 aromatic carbocycles. The Kier molecular flexibility index (Phi) is 10.6. The van der Waals surface area contributed by atoms with Gasteiger partial charge in [-0.15, -0.1) is 24.0 Å². The molecule has 124 valence electrons. The number of guanidine groups is 1. The van der Waals surface area contributed by atoms with Crippen LogP contribution < -0.4 is 10.6 Å². The van der Waals surface area contributed by atoms with Crippen molar-refractivity contribution in [3.8, 4) is 0 Å². The fraction of sp³-hybridized carbons (Fsp3) is 0.500. The zero-order valence-corrected chi connectivity index (χ0v) is 16.1. The first-order valence-electron chi connectivity index (χ1n) is 7.25. The van der Waals surface area contributed by atoms with Gasteiger partial charge in [0.25, 0.3) is 0 Å². The molecule has 1 amide bonds. The Morgan fingerprint density at radius 3 is 2.36 bits per heavy atom. The lowest BCUT2D eigenvalue weighted by molar-refractivity contribution is -0.127. The van der Waals surface area contributed by atoms with Gasteiger partial charge < -0.3 is 15.5 Å². The lowest BCUT2D eigenvalue weighted by atomic mass is 10.2. The highest BCUT2D eigenvalue weighted by atomic mass is 127. The van der Waals surface area contributed by atoms with Crippen molar-refractivity contribution in [2.45, 2.75) is 20.4 Å². The molecule has 0 aliphatic rings. The highest BCUT2D eigenvalue weighted by Crippen LogP contribution is 2.00.